The molecule has 0 aromatic heterocycles. The van der Waals surface area contributed by atoms with Gasteiger partial charge in [-0.2, -0.15) is 11.8 Å². The number of rotatable bonds is 6. The average Bonchev–Trinajstić information content (AvgIpc) is 2.25. The molecule has 1 rings (SSSR count). The topological polar surface area (TPSA) is 12.0 Å². The van der Waals surface area contributed by atoms with Crippen molar-refractivity contribution in [1.82, 2.24) is 5.32 Å². The highest BCUT2D eigenvalue weighted by Gasteiger charge is 2.12. The van der Waals surface area contributed by atoms with E-state index in [1.54, 1.807) is 0 Å². The summed E-state index contributed by atoms with van der Waals surface area (Å²) >= 11 is 1.97. The first-order valence-corrected chi connectivity index (χ1v) is 7.35. The van der Waals surface area contributed by atoms with Gasteiger partial charge in [0.05, 0.1) is 0 Å². The SMILES string of the molecule is CSC(C)CCNCC1CCCCC1. The van der Waals surface area contributed by atoms with Crippen LogP contribution in [0.5, 0.6) is 0 Å². The molecule has 1 aliphatic carbocycles. The zero-order valence-electron chi connectivity index (χ0n) is 9.72. The summed E-state index contributed by atoms with van der Waals surface area (Å²) < 4.78 is 0. The van der Waals surface area contributed by atoms with Gasteiger partial charge >= 0.3 is 0 Å². The molecular formula is C12H25NS. The van der Waals surface area contributed by atoms with E-state index in [0.29, 0.717) is 0 Å². The van der Waals surface area contributed by atoms with Gasteiger partial charge in [0.25, 0.3) is 0 Å². The lowest BCUT2D eigenvalue weighted by Crippen LogP contribution is -2.26. The van der Waals surface area contributed by atoms with Gasteiger partial charge in [-0.05, 0) is 44.5 Å². The molecule has 84 valence electrons. The Bertz CT molecular complexity index is 132. The smallest absolute Gasteiger partial charge is 0.00280 e. The second kappa shape index (κ2) is 7.58. The van der Waals surface area contributed by atoms with Crippen molar-refractivity contribution in [2.75, 3.05) is 19.3 Å². The minimum Gasteiger partial charge on any atom is -0.316 e. The van der Waals surface area contributed by atoms with Gasteiger partial charge in [-0.3, -0.25) is 0 Å². The molecule has 0 amide bonds. The predicted octanol–water partition coefficient (Wildman–Crippen LogP) is 3.30. The normalized spacial score (nSPS) is 21.0. The first-order chi connectivity index (χ1) is 6.83. The first kappa shape index (κ1) is 12.4. The zero-order valence-corrected chi connectivity index (χ0v) is 10.5. The van der Waals surface area contributed by atoms with Gasteiger partial charge in [-0.15, -0.1) is 0 Å². The van der Waals surface area contributed by atoms with Crippen LogP contribution in [0.1, 0.15) is 45.4 Å². The van der Waals surface area contributed by atoms with Gasteiger partial charge in [0.1, 0.15) is 0 Å². The van der Waals surface area contributed by atoms with Crippen LogP contribution in [-0.2, 0) is 0 Å². The molecule has 1 unspecified atom stereocenters. The average molecular weight is 215 g/mol. The van der Waals surface area contributed by atoms with Crippen LogP contribution in [0.4, 0.5) is 0 Å². The summed E-state index contributed by atoms with van der Waals surface area (Å²) in [6, 6.07) is 0. The molecule has 0 aromatic carbocycles. The minimum absolute atomic E-state index is 0.814. The minimum atomic E-state index is 0.814. The van der Waals surface area contributed by atoms with Crippen LogP contribution in [0, 0.1) is 5.92 Å². The second-order valence-electron chi connectivity index (χ2n) is 4.54. The highest BCUT2D eigenvalue weighted by Crippen LogP contribution is 2.22. The summed E-state index contributed by atoms with van der Waals surface area (Å²) in [6.07, 6.45) is 10.8. The summed E-state index contributed by atoms with van der Waals surface area (Å²) in [6.45, 7) is 4.78. The fraction of sp³-hybridized carbons (Fsp3) is 1.00. The zero-order chi connectivity index (χ0) is 10.2. The third kappa shape index (κ3) is 5.26. The molecule has 0 aromatic rings. The Morgan fingerprint density at radius 1 is 1.29 bits per heavy atom. The molecule has 1 saturated carbocycles. The maximum Gasteiger partial charge on any atom is 0.00280 e. The Hall–Kier alpha value is 0.310. The van der Waals surface area contributed by atoms with E-state index in [0.717, 1.165) is 11.2 Å². The summed E-state index contributed by atoms with van der Waals surface area (Å²) in [7, 11) is 0. The lowest BCUT2D eigenvalue weighted by molar-refractivity contribution is 0.342. The lowest BCUT2D eigenvalue weighted by atomic mass is 9.89. The molecule has 14 heavy (non-hydrogen) atoms. The molecule has 1 N–H and O–H groups in total. The Balaban J connectivity index is 1.92. The largest absolute Gasteiger partial charge is 0.316 e. The Morgan fingerprint density at radius 3 is 2.64 bits per heavy atom. The molecule has 0 aliphatic heterocycles. The van der Waals surface area contributed by atoms with E-state index in [2.05, 4.69) is 18.5 Å². The van der Waals surface area contributed by atoms with Crippen molar-refractivity contribution in [2.24, 2.45) is 5.92 Å². The van der Waals surface area contributed by atoms with Crippen LogP contribution >= 0.6 is 11.8 Å². The Labute approximate surface area is 93.4 Å². The van der Waals surface area contributed by atoms with Crippen molar-refractivity contribution in [2.45, 2.75) is 50.7 Å². The molecule has 0 bridgehead atoms. The Morgan fingerprint density at radius 2 is 2.00 bits per heavy atom. The molecule has 1 nitrogen and oxygen atoms in total. The molecule has 2 heteroatoms. The standard InChI is InChI=1S/C12H25NS/c1-11(14-2)8-9-13-10-12-6-4-3-5-7-12/h11-13H,3-10H2,1-2H3. The third-order valence-corrected chi connectivity index (χ3v) is 4.33. The maximum absolute atomic E-state index is 3.61. The summed E-state index contributed by atoms with van der Waals surface area (Å²) in [5, 5.41) is 4.42. The number of hydrogen-bond donors (Lipinski definition) is 1. The number of thioether (sulfide) groups is 1. The van der Waals surface area contributed by atoms with Crippen molar-refractivity contribution in [1.29, 1.82) is 0 Å². The monoisotopic (exact) mass is 215 g/mol. The van der Waals surface area contributed by atoms with Gasteiger partial charge in [0, 0.05) is 5.25 Å². The number of nitrogens with one attached hydrogen (secondary N) is 1. The van der Waals surface area contributed by atoms with Crippen molar-refractivity contribution in [3.63, 3.8) is 0 Å². The summed E-state index contributed by atoms with van der Waals surface area (Å²) in [4.78, 5) is 0. The van der Waals surface area contributed by atoms with E-state index < -0.39 is 0 Å². The molecule has 1 aliphatic rings. The van der Waals surface area contributed by atoms with E-state index in [1.165, 1.54) is 51.6 Å². The predicted molar refractivity (Wildman–Crippen MR) is 67.0 cm³/mol. The van der Waals surface area contributed by atoms with Gasteiger partial charge in [0.2, 0.25) is 0 Å². The van der Waals surface area contributed by atoms with Crippen LogP contribution in [0.2, 0.25) is 0 Å². The first-order valence-electron chi connectivity index (χ1n) is 6.06. The Kier molecular flexibility index (Phi) is 6.70. The molecule has 0 saturated heterocycles. The fourth-order valence-electron chi connectivity index (χ4n) is 2.12. The van der Waals surface area contributed by atoms with Crippen molar-refractivity contribution >= 4 is 11.8 Å². The van der Waals surface area contributed by atoms with Crippen LogP contribution in [0.3, 0.4) is 0 Å². The van der Waals surface area contributed by atoms with Gasteiger partial charge < -0.3 is 5.32 Å². The highest BCUT2D eigenvalue weighted by molar-refractivity contribution is 7.99. The molecule has 0 radical (unpaired) electrons. The molecule has 0 heterocycles. The molecule has 1 atom stereocenters. The maximum atomic E-state index is 3.61. The highest BCUT2D eigenvalue weighted by atomic mass is 32.2. The van der Waals surface area contributed by atoms with Crippen molar-refractivity contribution in [3.8, 4) is 0 Å². The third-order valence-electron chi connectivity index (χ3n) is 3.29. The summed E-state index contributed by atoms with van der Waals surface area (Å²) in [5.41, 5.74) is 0. The quantitative estimate of drug-likeness (QED) is 0.682. The van der Waals surface area contributed by atoms with E-state index in [1.807, 2.05) is 11.8 Å². The van der Waals surface area contributed by atoms with E-state index in [-0.39, 0.29) is 0 Å². The van der Waals surface area contributed by atoms with Gasteiger partial charge in [-0.25, -0.2) is 0 Å². The van der Waals surface area contributed by atoms with Crippen LogP contribution in [0.25, 0.3) is 0 Å². The lowest BCUT2D eigenvalue weighted by Gasteiger charge is -2.22. The molecule has 0 spiro atoms. The van der Waals surface area contributed by atoms with Gasteiger partial charge in [-0.1, -0.05) is 26.2 Å². The van der Waals surface area contributed by atoms with Gasteiger partial charge in [0.15, 0.2) is 0 Å². The van der Waals surface area contributed by atoms with Crippen molar-refractivity contribution < 1.29 is 0 Å². The van der Waals surface area contributed by atoms with Crippen LogP contribution < -0.4 is 5.32 Å². The van der Waals surface area contributed by atoms with Crippen LogP contribution in [0.15, 0.2) is 0 Å². The van der Waals surface area contributed by atoms with E-state index in [4.69, 9.17) is 0 Å². The van der Waals surface area contributed by atoms with Crippen molar-refractivity contribution in [3.05, 3.63) is 0 Å². The van der Waals surface area contributed by atoms with Crippen LogP contribution in [-0.4, -0.2) is 24.6 Å². The fourth-order valence-corrected chi connectivity index (χ4v) is 2.47. The summed E-state index contributed by atoms with van der Waals surface area (Å²) in [5.74, 6) is 0.980. The van der Waals surface area contributed by atoms with E-state index >= 15 is 0 Å². The van der Waals surface area contributed by atoms with E-state index in [9.17, 15) is 0 Å². The molecule has 1 fully saturated rings. The number of hydrogen-bond acceptors (Lipinski definition) is 2. The second-order valence-corrected chi connectivity index (χ2v) is 5.82. The molecular weight excluding hydrogens is 190 g/mol.